The van der Waals surface area contributed by atoms with E-state index >= 15 is 0 Å². The highest BCUT2D eigenvalue weighted by Crippen LogP contribution is 2.23. The van der Waals surface area contributed by atoms with Crippen LogP contribution in [0.3, 0.4) is 0 Å². The largest absolute Gasteiger partial charge is 0.470 e. The molecule has 1 amide bonds. The zero-order valence-electron chi connectivity index (χ0n) is 12.7. The zero-order valence-corrected chi connectivity index (χ0v) is 14.3. The third kappa shape index (κ3) is 4.29. The average molecular weight is 380 g/mol. The average Bonchev–Trinajstić information content (AvgIpc) is 3.06. The van der Waals surface area contributed by atoms with E-state index in [1.54, 1.807) is 30.5 Å². The van der Waals surface area contributed by atoms with Crippen LogP contribution in [0.5, 0.6) is 5.75 Å². The van der Waals surface area contributed by atoms with Crippen LogP contribution in [0, 0.1) is 5.82 Å². The summed E-state index contributed by atoms with van der Waals surface area (Å²) in [5.41, 5.74) is 0.147. The summed E-state index contributed by atoms with van der Waals surface area (Å²) in [6.45, 7) is 0.0757. The van der Waals surface area contributed by atoms with Crippen molar-refractivity contribution in [1.29, 1.82) is 0 Å². The predicted octanol–water partition coefficient (Wildman–Crippen LogP) is 4.62. The van der Waals surface area contributed by atoms with Crippen LogP contribution in [-0.2, 0) is 6.73 Å². The molecular formula is C17H12Cl2FN3O2. The number of para-hydroxylation sites is 1. The van der Waals surface area contributed by atoms with Crippen molar-refractivity contribution in [1.82, 2.24) is 9.78 Å². The Hall–Kier alpha value is -2.57. The summed E-state index contributed by atoms with van der Waals surface area (Å²) in [4.78, 5) is 12.1. The molecule has 0 bridgehead atoms. The number of hydrogen-bond donors (Lipinski definition) is 1. The maximum Gasteiger partial charge on any atom is 0.276 e. The number of anilines is 1. The molecular weight excluding hydrogens is 368 g/mol. The van der Waals surface area contributed by atoms with E-state index in [-0.39, 0.29) is 23.1 Å². The quantitative estimate of drug-likeness (QED) is 0.703. The van der Waals surface area contributed by atoms with Crippen LogP contribution in [0.1, 0.15) is 10.5 Å². The van der Waals surface area contributed by atoms with Gasteiger partial charge in [-0.3, -0.25) is 4.79 Å². The fourth-order valence-electron chi connectivity index (χ4n) is 2.03. The van der Waals surface area contributed by atoms with Crippen LogP contribution in [0.15, 0.2) is 54.7 Å². The van der Waals surface area contributed by atoms with Gasteiger partial charge in [-0.1, -0.05) is 35.3 Å². The van der Waals surface area contributed by atoms with Crippen LogP contribution in [-0.4, -0.2) is 15.7 Å². The van der Waals surface area contributed by atoms with E-state index in [9.17, 15) is 9.18 Å². The van der Waals surface area contributed by atoms with Gasteiger partial charge in [0.25, 0.3) is 5.91 Å². The summed E-state index contributed by atoms with van der Waals surface area (Å²) in [5, 5.41) is 7.25. The SMILES string of the molecule is O=C(Nc1ccc(Cl)cc1F)c1ccn(COc2ccccc2Cl)n1. The summed E-state index contributed by atoms with van der Waals surface area (Å²) in [5.74, 6) is -0.658. The molecule has 0 aliphatic carbocycles. The van der Waals surface area contributed by atoms with Crippen molar-refractivity contribution in [2.24, 2.45) is 0 Å². The van der Waals surface area contributed by atoms with Gasteiger partial charge in [-0.15, -0.1) is 0 Å². The number of rotatable bonds is 5. The Labute approximate surface area is 152 Å². The molecule has 3 rings (SSSR count). The molecule has 0 fully saturated rings. The molecule has 0 saturated carbocycles. The van der Waals surface area contributed by atoms with Crippen LogP contribution >= 0.6 is 23.2 Å². The second-order valence-corrected chi connectivity index (χ2v) is 5.87. The van der Waals surface area contributed by atoms with Gasteiger partial charge in [-0.2, -0.15) is 5.10 Å². The first-order valence-electron chi connectivity index (χ1n) is 7.20. The second-order valence-electron chi connectivity index (χ2n) is 5.02. The Morgan fingerprint density at radius 3 is 2.76 bits per heavy atom. The minimum atomic E-state index is -0.623. The lowest BCUT2D eigenvalue weighted by atomic mass is 10.3. The topological polar surface area (TPSA) is 56.2 Å². The highest BCUT2D eigenvalue weighted by atomic mass is 35.5. The number of carbonyl (C=O) groups excluding carboxylic acids is 1. The first-order chi connectivity index (χ1) is 12.0. The van der Waals surface area contributed by atoms with Gasteiger partial charge in [0.15, 0.2) is 12.4 Å². The summed E-state index contributed by atoms with van der Waals surface area (Å²) in [6.07, 6.45) is 1.57. The lowest BCUT2D eigenvalue weighted by Gasteiger charge is -2.07. The molecule has 3 aromatic rings. The molecule has 1 N–H and O–H groups in total. The molecule has 128 valence electrons. The highest BCUT2D eigenvalue weighted by Gasteiger charge is 2.13. The standard InChI is InChI=1S/C17H12Cl2FN3O2/c18-11-5-6-14(13(20)9-11)21-17(24)15-7-8-23(22-15)10-25-16-4-2-1-3-12(16)19/h1-9H,10H2,(H,21,24). The number of hydrogen-bond acceptors (Lipinski definition) is 3. The van der Waals surface area contributed by atoms with Gasteiger partial charge < -0.3 is 10.1 Å². The van der Waals surface area contributed by atoms with Crippen LogP contribution in [0.25, 0.3) is 0 Å². The molecule has 0 unspecified atom stereocenters. The van der Waals surface area contributed by atoms with E-state index in [2.05, 4.69) is 10.4 Å². The second kappa shape index (κ2) is 7.55. The van der Waals surface area contributed by atoms with Gasteiger partial charge >= 0.3 is 0 Å². The minimum absolute atomic E-state index is 0.0243. The molecule has 0 radical (unpaired) electrons. The Kier molecular flexibility index (Phi) is 5.21. The summed E-state index contributed by atoms with van der Waals surface area (Å²) in [6, 6.07) is 12.5. The van der Waals surface area contributed by atoms with Crippen molar-refractivity contribution in [3.8, 4) is 5.75 Å². The minimum Gasteiger partial charge on any atom is -0.470 e. The van der Waals surface area contributed by atoms with E-state index < -0.39 is 11.7 Å². The fourth-order valence-corrected chi connectivity index (χ4v) is 2.38. The molecule has 2 aromatic carbocycles. The number of nitrogens with one attached hydrogen (secondary N) is 1. The zero-order chi connectivity index (χ0) is 17.8. The number of amides is 1. The Morgan fingerprint density at radius 1 is 1.20 bits per heavy atom. The van der Waals surface area contributed by atoms with Gasteiger partial charge in [0.2, 0.25) is 0 Å². The number of benzene rings is 2. The highest BCUT2D eigenvalue weighted by molar-refractivity contribution is 6.32. The molecule has 5 nitrogen and oxygen atoms in total. The van der Waals surface area contributed by atoms with Gasteiger partial charge in [0.05, 0.1) is 10.7 Å². The van der Waals surface area contributed by atoms with Crippen molar-refractivity contribution < 1.29 is 13.9 Å². The molecule has 0 saturated heterocycles. The van der Waals surface area contributed by atoms with E-state index in [1.165, 1.54) is 22.9 Å². The van der Waals surface area contributed by atoms with Crippen molar-refractivity contribution in [3.63, 3.8) is 0 Å². The van der Waals surface area contributed by atoms with Crippen LogP contribution < -0.4 is 10.1 Å². The van der Waals surface area contributed by atoms with E-state index in [1.807, 2.05) is 0 Å². The number of aromatic nitrogens is 2. The molecule has 25 heavy (non-hydrogen) atoms. The fraction of sp³-hybridized carbons (Fsp3) is 0.0588. The van der Waals surface area contributed by atoms with E-state index in [4.69, 9.17) is 27.9 Å². The third-order valence-corrected chi connectivity index (χ3v) is 3.79. The predicted molar refractivity (Wildman–Crippen MR) is 93.7 cm³/mol. The number of halogens is 3. The first kappa shape index (κ1) is 17.3. The molecule has 1 aromatic heterocycles. The maximum absolute atomic E-state index is 13.7. The molecule has 8 heteroatoms. The van der Waals surface area contributed by atoms with Crippen molar-refractivity contribution in [2.45, 2.75) is 6.73 Å². The van der Waals surface area contributed by atoms with E-state index in [0.29, 0.717) is 10.8 Å². The van der Waals surface area contributed by atoms with Crippen molar-refractivity contribution in [3.05, 3.63) is 76.3 Å². The monoisotopic (exact) mass is 379 g/mol. The van der Waals surface area contributed by atoms with Gasteiger partial charge in [0, 0.05) is 11.2 Å². The maximum atomic E-state index is 13.7. The number of nitrogens with zero attached hydrogens (tertiary/aromatic N) is 2. The Balaban J connectivity index is 1.64. The third-order valence-electron chi connectivity index (χ3n) is 3.24. The Bertz CT molecular complexity index is 914. The van der Waals surface area contributed by atoms with E-state index in [0.717, 1.165) is 6.07 Å². The van der Waals surface area contributed by atoms with Crippen LogP contribution in [0.2, 0.25) is 10.0 Å². The van der Waals surface area contributed by atoms with Gasteiger partial charge in [-0.05, 0) is 36.4 Å². The Morgan fingerprint density at radius 2 is 2.00 bits per heavy atom. The lowest BCUT2D eigenvalue weighted by molar-refractivity contribution is 0.101. The molecule has 0 aliphatic rings. The molecule has 1 heterocycles. The molecule has 0 aliphatic heterocycles. The van der Waals surface area contributed by atoms with Crippen molar-refractivity contribution >= 4 is 34.8 Å². The smallest absolute Gasteiger partial charge is 0.276 e. The molecule has 0 spiro atoms. The van der Waals surface area contributed by atoms with Gasteiger partial charge in [0.1, 0.15) is 11.6 Å². The van der Waals surface area contributed by atoms with Crippen LogP contribution in [0.4, 0.5) is 10.1 Å². The number of ether oxygens (including phenoxy) is 1. The first-order valence-corrected chi connectivity index (χ1v) is 7.96. The molecule has 0 atom stereocenters. The normalized spacial score (nSPS) is 10.5. The van der Waals surface area contributed by atoms with Crippen molar-refractivity contribution in [2.75, 3.05) is 5.32 Å². The number of carbonyl (C=O) groups is 1. The summed E-state index contributed by atoms with van der Waals surface area (Å²) < 4.78 is 20.7. The summed E-state index contributed by atoms with van der Waals surface area (Å²) >= 11 is 11.7. The van der Waals surface area contributed by atoms with Gasteiger partial charge in [-0.25, -0.2) is 9.07 Å². The summed E-state index contributed by atoms with van der Waals surface area (Å²) in [7, 11) is 0. The lowest BCUT2D eigenvalue weighted by Crippen LogP contribution is -2.15.